The normalized spacial score (nSPS) is 15.4. The highest BCUT2D eigenvalue weighted by molar-refractivity contribution is 5.99. The first-order valence-corrected chi connectivity index (χ1v) is 28.8. The number of aliphatic hydroxyl groups excluding tert-OH is 1. The summed E-state index contributed by atoms with van der Waals surface area (Å²) in [4.78, 5) is 31.7. The maximum atomic E-state index is 14.1. The second-order valence-corrected chi connectivity index (χ2v) is 23.2. The Labute approximate surface area is 603 Å². The molecule has 0 saturated carbocycles. The highest BCUT2D eigenvalue weighted by atomic mass is 19.5. The molecule has 0 aliphatic heterocycles. The summed E-state index contributed by atoms with van der Waals surface area (Å²) in [5, 5.41) is 32.5. The van der Waals surface area contributed by atoms with Gasteiger partial charge in [-0.05, 0) is 45.6 Å². The van der Waals surface area contributed by atoms with Crippen LogP contribution in [0.1, 0.15) is 87.2 Å². The number of ketones is 1. The topological polar surface area (TPSA) is 161 Å². The van der Waals surface area contributed by atoms with Crippen molar-refractivity contribution in [2.75, 3.05) is 26.4 Å². The minimum Gasteiger partial charge on any atom is -0.490 e. The second-order valence-electron chi connectivity index (χ2n) is 23.2. The van der Waals surface area contributed by atoms with E-state index >= 15 is 0 Å². The molecule has 0 radical (unpaired) electrons. The van der Waals surface area contributed by atoms with E-state index in [1.165, 1.54) is 0 Å². The molecule has 0 aliphatic carbocycles. The Kier molecular flexibility index (Phi) is 30.2. The van der Waals surface area contributed by atoms with Gasteiger partial charge in [0, 0.05) is 31.7 Å². The van der Waals surface area contributed by atoms with E-state index in [-0.39, 0.29) is 24.3 Å². The first-order chi connectivity index (χ1) is 50.6. The summed E-state index contributed by atoms with van der Waals surface area (Å²) in [6, 6.07) is 0.525. The third-order valence-corrected chi connectivity index (χ3v) is 14.9. The van der Waals surface area contributed by atoms with Crippen molar-refractivity contribution in [3.63, 3.8) is 0 Å². The lowest BCUT2D eigenvalue weighted by Crippen LogP contribution is -2.70. The van der Waals surface area contributed by atoms with E-state index < -0.39 is 288 Å². The summed E-state index contributed by atoms with van der Waals surface area (Å²) >= 11 is 0. The van der Waals surface area contributed by atoms with Gasteiger partial charge in [0.15, 0.2) is 28.8 Å². The van der Waals surface area contributed by atoms with Crippen molar-refractivity contribution in [2.24, 2.45) is 0 Å². The number of aliphatic hydroxyl groups is 1. The highest BCUT2D eigenvalue weighted by Gasteiger charge is 2.95. The van der Waals surface area contributed by atoms with Crippen LogP contribution in [0.5, 0.6) is 23.0 Å². The fourth-order valence-corrected chi connectivity index (χ4v) is 8.23. The van der Waals surface area contributed by atoms with Crippen LogP contribution in [0.15, 0.2) is 24.3 Å². The summed E-state index contributed by atoms with van der Waals surface area (Å²) in [6.45, 7) is -5.47. The summed E-state index contributed by atoms with van der Waals surface area (Å²) in [6.07, 6.45) is -51.8. The lowest BCUT2D eigenvalue weighted by Gasteiger charge is -2.39. The van der Waals surface area contributed by atoms with E-state index in [0.717, 1.165) is 6.92 Å². The van der Waals surface area contributed by atoms with Crippen LogP contribution in [0, 0.1) is 20.2 Å². The molecule has 0 fully saturated rings. The number of rotatable bonds is 40. The van der Waals surface area contributed by atoms with Crippen LogP contribution >= 0.6 is 0 Å². The number of carbonyl (C=O) groups excluding carboxylic acids is 1. The van der Waals surface area contributed by atoms with E-state index in [9.17, 15) is 258 Å². The number of ether oxygens (including phenoxy) is 4. The highest BCUT2D eigenvalue weighted by Crippen LogP contribution is 2.66. The SMILES string of the molecule is CC(=O)c1cc(OCCCC(F)(F)C(F)(F)C(F)(F)C(F)(F)C(F)(F)C(F)(F)F)c(OCCCC(F)(F)C(F)(F)C(F)(F)C(F)(F)C(F)(F)C(F)(F)F)cc1[N+](=O)[O-].CC(O)c1cc(OCCCC(F)(F)C(F)(F)C(F)(F)C(F)(F)C(F)(F)C(F)(F)F)c(OCCCC(F)(F)C(F)(F)C(F)(F)C(F)(F)C(F)(F)C(F)(F)F)cc1[N+](=O)[O-]. The molecular weight excluding hydrogens is 1800 g/mol. The zero-order valence-corrected chi connectivity index (χ0v) is 54.5. The monoisotopic (exact) mass is 1840 g/mol. The van der Waals surface area contributed by atoms with Crippen molar-refractivity contribution < 1.29 is 267 Å². The molecule has 2 aromatic carbocycles. The smallest absolute Gasteiger partial charge is 0.460 e. The molecular formula is C52H36F52N2O10. The lowest BCUT2D eigenvalue weighted by molar-refractivity contribution is -0.440. The third kappa shape index (κ3) is 18.6. The van der Waals surface area contributed by atoms with Gasteiger partial charge in [-0.2, -0.15) is 228 Å². The number of halogens is 52. The van der Waals surface area contributed by atoms with Crippen LogP contribution in [0.25, 0.3) is 0 Å². The van der Waals surface area contributed by atoms with Crippen molar-refractivity contribution in [3.05, 3.63) is 55.6 Å². The fourth-order valence-electron chi connectivity index (χ4n) is 8.23. The molecule has 0 bridgehead atoms. The number of hydrogen-bond donors (Lipinski definition) is 1. The Morgan fingerprint density at radius 3 is 0.647 bits per heavy atom. The van der Waals surface area contributed by atoms with Gasteiger partial charge in [0.05, 0.1) is 65.6 Å². The summed E-state index contributed by atoms with van der Waals surface area (Å²) in [5.41, 5.74) is -4.67. The number of hydrogen-bond acceptors (Lipinski definition) is 10. The lowest BCUT2D eigenvalue weighted by atomic mass is 9.92. The van der Waals surface area contributed by atoms with Gasteiger partial charge in [-0.1, -0.05) is 0 Å². The number of carbonyl (C=O) groups is 1. The Hall–Kier alpha value is -7.57. The average Bonchev–Trinajstić information content (AvgIpc) is 0.726. The molecule has 2 rings (SSSR count). The van der Waals surface area contributed by atoms with Gasteiger partial charge in [0.1, 0.15) is 0 Å². The Morgan fingerprint density at radius 2 is 0.474 bits per heavy atom. The second kappa shape index (κ2) is 32.9. The predicted octanol–water partition coefficient (Wildman–Crippen LogP) is 23.0. The van der Waals surface area contributed by atoms with Gasteiger partial charge in [-0.3, -0.25) is 25.0 Å². The Morgan fingerprint density at radius 1 is 0.302 bits per heavy atom. The van der Waals surface area contributed by atoms with Gasteiger partial charge in [0.2, 0.25) is 0 Å². The van der Waals surface area contributed by atoms with Gasteiger partial charge >= 0.3 is 143 Å². The molecule has 64 heteroatoms. The number of nitrogens with zero attached hydrogens (tertiary/aromatic N) is 2. The van der Waals surface area contributed by atoms with Gasteiger partial charge in [-0.25, -0.2) is 0 Å². The Bertz CT molecular complexity index is 3610. The number of nitro groups is 2. The van der Waals surface area contributed by atoms with Crippen molar-refractivity contribution in [1.82, 2.24) is 0 Å². The molecule has 0 spiro atoms. The van der Waals surface area contributed by atoms with E-state index in [4.69, 9.17) is 0 Å². The first-order valence-electron chi connectivity index (χ1n) is 28.8. The number of nitro benzene ring substituents is 2. The van der Waals surface area contributed by atoms with E-state index in [0.29, 0.717) is 6.92 Å². The van der Waals surface area contributed by atoms with Crippen molar-refractivity contribution in [1.29, 1.82) is 0 Å². The number of benzene rings is 2. The fraction of sp³-hybridized carbons (Fsp3) is 0.750. The maximum Gasteiger partial charge on any atom is 0.460 e. The van der Waals surface area contributed by atoms with Gasteiger partial charge in [-0.15, -0.1) is 0 Å². The number of Topliss-reactive ketones (excluding diaryl/α,β-unsaturated/α-hetero) is 1. The molecule has 0 aromatic heterocycles. The minimum absolute atomic E-state index is 0.0267. The standard InChI is InChI=1S/C26H19F26NO5.C26H17F26NO5/c2*1-10(54)11-8-13(57-6-2-4-15(27,28)17(31,32)19(35,36)21(39,40)23(43,44)25(47,48)49)14(9-12(11)53(55)56)58-7-3-5-16(29,30)18(33,34)20(37,38)22(41,42)24(45,46)26(50,51)52/h8-10,54H,2-7H2,1H3;8-9H,2-7H2,1H3. The molecule has 1 unspecified atom stereocenters. The molecule has 116 heavy (non-hydrogen) atoms. The molecule has 678 valence electrons. The maximum absolute atomic E-state index is 14.1. The first kappa shape index (κ1) is 106. The number of alkyl halides is 52. The van der Waals surface area contributed by atoms with Crippen LogP contribution in [-0.4, -0.2) is 190 Å². The van der Waals surface area contributed by atoms with Crippen molar-refractivity contribution >= 4 is 17.2 Å². The van der Waals surface area contributed by atoms with Crippen LogP contribution in [0.3, 0.4) is 0 Å². The van der Waals surface area contributed by atoms with Crippen LogP contribution in [0.4, 0.5) is 240 Å². The summed E-state index contributed by atoms with van der Waals surface area (Å²) in [5.74, 6) is -162. The quantitative estimate of drug-likeness (QED) is 0.0224. The Balaban J connectivity index is 0.00000116. The molecule has 0 amide bonds. The van der Waals surface area contributed by atoms with E-state index in [1.807, 2.05) is 0 Å². The molecule has 1 N–H and O–H groups in total. The van der Waals surface area contributed by atoms with Crippen LogP contribution < -0.4 is 18.9 Å². The zero-order valence-electron chi connectivity index (χ0n) is 54.5. The van der Waals surface area contributed by atoms with E-state index in [1.54, 1.807) is 0 Å². The average molecular weight is 1840 g/mol. The molecule has 2 aromatic rings. The summed E-state index contributed by atoms with van der Waals surface area (Å²) < 4.78 is 710. The zero-order chi connectivity index (χ0) is 93.1. The third-order valence-electron chi connectivity index (χ3n) is 14.9. The van der Waals surface area contributed by atoms with Crippen LogP contribution in [-0.2, 0) is 0 Å². The van der Waals surface area contributed by atoms with Crippen molar-refractivity contribution in [3.8, 4) is 23.0 Å². The van der Waals surface area contributed by atoms with Gasteiger partial charge < -0.3 is 24.1 Å². The van der Waals surface area contributed by atoms with Crippen molar-refractivity contribution in [2.45, 2.75) is 214 Å². The molecule has 0 saturated heterocycles. The minimum atomic E-state index is -8.25. The molecule has 12 nitrogen and oxygen atoms in total. The van der Waals surface area contributed by atoms with Crippen LogP contribution in [0.2, 0.25) is 0 Å². The molecule has 0 aliphatic rings. The largest absolute Gasteiger partial charge is 0.490 e. The molecule has 1 atom stereocenters. The van der Waals surface area contributed by atoms with Gasteiger partial charge in [0.25, 0.3) is 11.4 Å². The predicted molar refractivity (Wildman–Crippen MR) is 269 cm³/mol. The molecule has 0 heterocycles. The van der Waals surface area contributed by atoms with E-state index in [2.05, 4.69) is 18.9 Å². The summed E-state index contributed by atoms with van der Waals surface area (Å²) in [7, 11) is 0.